The Labute approximate surface area is 114 Å². The maximum Gasteiger partial charge on any atom is 0.261 e. The van der Waals surface area contributed by atoms with Gasteiger partial charge in [0.25, 0.3) is 5.91 Å². The molecular formula is C14H22N2O3. The van der Waals surface area contributed by atoms with E-state index in [9.17, 15) is 4.79 Å². The normalized spacial score (nSPS) is 10.1. The molecule has 0 unspecified atom stereocenters. The molecule has 0 spiro atoms. The van der Waals surface area contributed by atoms with E-state index in [-0.39, 0.29) is 5.91 Å². The Morgan fingerprint density at radius 2 is 1.84 bits per heavy atom. The van der Waals surface area contributed by atoms with Gasteiger partial charge in [-0.1, -0.05) is 6.07 Å². The molecule has 5 nitrogen and oxygen atoms in total. The number of nitrogens with zero attached hydrogens (tertiary/aromatic N) is 1. The predicted octanol–water partition coefficient (Wildman–Crippen LogP) is 1.39. The zero-order valence-corrected chi connectivity index (χ0v) is 12.0. The number of hydrogen-bond acceptors (Lipinski definition) is 4. The van der Waals surface area contributed by atoms with Gasteiger partial charge in [-0.05, 0) is 32.1 Å². The lowest BCUT2D eigenvalue weighted by Crippen LogP contribution is -2.30. The van der Waals surface area contributed by atoms with Gasteiger partial charge >= 0.3 is 0 Å². The number of nitrogens with one attached hydrogen (secondary N) is 1. The first-order valence-electron chi connectivity index (χ1n) is 6.26. The number of carbonyl (C=O) groups is 1. The van der Waals surface area contributed by atoms with Crippen LogP contribution in [0.25, 0.3) is 0 Å². The molecule has 1 aromatic rings. The van der Waals surface area contributed by atoms with Crippen LogP contribution in [0.2, 0.25) is 0 Å². The van der Waals surface area contributed by atoms with Crippen molar-refractivity contribution in [3.63, 3.8) is 0 Å². The molecule has 0 heterocycles. The Bertz CT molecular complexity index is 399. The van der Waals surface area contributed by atoms with Crippen LogP contribution >= 0.6 is 0 Å². The molecule has 106 valence electrons. The van der Waals surface area contributed by atoms with Crippen molar-refractivity contribution in [1.29, 1.82) is 0 Å². The van der Waals surface area contributed by atoms with E-state index >= 15 is 0 Å². The van der Waals surface area contributed by atoms with Crippen molar-refractivity contribution in [3.05, 3.63) is 23.8 Å². The van der Waals surface area contributed by atoms with E-state index in [0.29, 0.717) is 23.6 Å². The highest BCUT2D eigenvalue weighted by Crippen LogP contribution is 2.29. The number of ether oxygens (including phenoxy) is 2. The summed E-state index contributed by atoms with van der Waals surface area (Å²) in [6, 6.07) is 5.32. The zero-order valence-electron chi connectivity index (χ0n) is 12.0. The minimum Gasteiger partial charge on any atom is -0.496 e. The summed E-state index contributed by atoms with van der Waals surface area (Å²) in [5, 5.41) is 3.06. The van der Waals surface area contributed by atoms with Gasteiger partial charge in [-0.3, -0.25) is 4.79 Å². The van der Waals surface area contributed by atoms with Gasteiger partial charge in [0.1, 0.15) is 17.1 Å². The van der Waals surface area contributed by atoms with Gasteiger partial charge in [-0.2, -0.15) is 0 Å². The summed E-state index contributed by atoms with van der Waals surface area (Å²) >= 11 is 0. The number of amides is 1. The highest BCUT2D eigenvalue weighted by molar-refractivity contribution is 5.99. The summed E-state index contributed by atoms with van der Waals surface area (Å²) in [7, 11) is 6.77. The second-order valence-electron chi connectivity index (χ2n) is 4.22. The Kier molecular flexibility index (Phi) is 6.15. The molecule has 0 saturated carbocycles. The van der Waals surface area contributed by atoms with Crippen molar-refractivity contribution in [1.82, 2.24) is 10.2 Å². The molecule has 0 aromatic heterocycles. The fourth-order valence-electron chi connectivity index (χ4n) is 1.85. The molecular weight excluding hydrogens is 244 g/mol. The summed E-state index contributed by atoms with van der Waals surface area (Å²) in [4.78, 5) is 14.1. The van der Waals surface area contributed by atoms with Crippen LogP contribution in [-0.4, -0.2) is 52.2 Å². The summed E-state index contributed by atoms with van der Waals surface area (Å²) < 4.78 is 10.5. The second kappa shape index (κ2) is 7.63. The number of carbonyl (C=O) groups excluding carboxylic acids is 1. The average molecular weight is 266 g/mol. The number of rotatable bonds is 7. The third-order valence-electron chi connectivity index (χ3n) is 2.91. The molecule has 0 fully saturated rings. The molecule has 0 atom stereocenters. The van der Waals surface area contributed by atoms with Gasteiger partial charge in [-0.25, -0.2) is 0 Å². The highest BCUT2D eigenvalue weighted by atomic mass is 16.5. The van der Waals surface area contributed by atoms with Crippen molar-refractivity contribution in [2.45, 2.75) is 6.42 Å². The summed E-state index contributed by atoms with van der Waals surface area (Å²) in [5.74, 6) is 0.972. The van der Waals surface area contributed by atoms with Gasteiger partial charge < -0.3 is 19.7 Å². The van der Waals surface area contributed by atoms with Crippen LogP contribution in [0.4, 0.5) is 0 Å². The monoisotopic (exact) mass is 266 g/mol. The van der Waals surface area contributed by atoms with Crippen LogP contribution in [0.15, 0.2) is 18.2 Å². The van der Waals surface area contributed by atoms with Crippen LogP contribution in [-0.2, 0) is 0 Å². The third-order valence-corrected chi connectivity index (χ3v) is 2.91. The molecule has 5 heteroatoms. The van der Waals surface area contributed by atoms with Crippen molar-refractivity contribution in [3.8, 4) is 11.5 Å². The maximum atomic E-state index is 12.4. The molecule has 0 bridgehead atoms. The minimum atomic E-state index is -0.0922. The molecule has 0 saturated heterocycles. The molecule has 1 N–H and O–H groups in total. The van der Waals surface area contributed by atoms with Gasteiger partial charge in [0.15, 0.2) is 0 Å². The lowest BCUT2D eigenvalue weighted by Gasteiger charge is -2.20. The Balaban J connectivity index is 2.91. The van der Waals surface area contributed by atoms with Gasteiger partial charge in [0.2, 0.25) is 0 Å². The first-order valence-corrected chi connectivity index (χ1v) is 6.26. The van der Waals surface area contributed by atoms with Gasteiger partial charge in [0.05, 0.1) is 14.2 Å². The van der Waals surface area contributed by atoms with E-state index in [4.69, 9.17) is 9.47 Å². The first kappa shape index (κ1) is 15.3. The first-order chi connectivity index (χ1) is 9.15. The minimum absolute atomic E-state index is 0.0922. The number of benzene rings is 1. The summed E-state index contributed by atoms with van der Waals surface area (Å²) in [5.41, 5.74) is 0.472. The largest absolute Gasteiger partial charge is 0.496 e. The summed E-state index contributed by atoms with van der Waals surface area (Å²) in [6.07, 6.45) is 0.899. The molecule has 1 aromatic carbocycles. The van der Waals surface area contributed by atoms with Crippen LogP contribution in [0.5, 0.6) is 11.5 Å². The smallest absolute Gasteiger partial charge is 0.261 e. The zero-order chi connectivity index (χ0) is 14.3. The van der Waals surface area contributed by atoms with E-state index in [2.05, 4.69) is 5.32 Å². The molecule has 0 aliphatic rings. The van der Waals surface area contributed by atoms with E-state index in [1.165, 1.54) is 0 Å². The molecule has 0 aliphatic heterocycles. The number of hydrogen-bond donors (Lipinski definition) is 1. The Morgan fingerprint density at radius 3 is 2.32 bits per heavy atom. The highest BCUT2D eigenvalue weighted by Gasteiger charge is 2.21. The average Bonchev–Trinajstić information content (AvgIpc) is 2.45. The van der Waals surface area contributed by atoms with Crippen LogP contribution < -0.4 is 14.8 Å². The summed E-state index contributed by atoms with van der Waals surface area (Å²) in [6.45, 7) is 1.56. The standard InChI is InChI=1S/C14H22N2O3/c1-15-9-6-10-16(2)14(17)13-11(18-3)7-5-8-12(13)19-4/h5,7-8,15H,6,9-10H2,1-4H3. The van der Waals surface area contributed by atoms with Gasteiger partial charge in [0, 0.05) is 13.6 Å². The maximum absolute atomic E-state index is 12.4. The lowest BCUT2D eigenvalue weighted by atomic mass is 10.1. The lowest BCUT2D eigenvalue weighted by molar-refractivity contribution is 0.0787. The van der Waals surface area contributed by atoms with E-state index < -0.39 is 0 Å². The van der Waals surface area contributed by atoms with Crippen LogP contribution in [0.3, 0.4) is 0 Å². The fourth-order valence-corrected chi connectivity index (χ4v) is 1.85. The Morgan fingerprint density at radius 1 is 1.26 bits per heavy atom. The Hall–Kier alpha value is -1.75. The van der Waals surface area contributed by atoms with E-state index in [0.717, 1.165) is 13.0 Å². The van der Waals surface area contributed by atoms with Crippen molar-refractivity contribution in [2.24, 2.45) is 0 Å². The molecule has 1 rings (SSSR count). The van der Waals surface area contributed by atoms with E-state index in [1.54, 1.807) is 44.4 Å². The quantitative estimate of drug-likeness (QED) is 0.758. The molecule has 0 aliphatic carbocycles. The third kappa shape index (κ3) is 3.86. The van der Waals surface area contributed by atoms with Crippen molar-refractivity contribution >= 4 is 5.91 Å². The van der Waals surface area contributed by atoms with Crippen molar-refractivity contribution < 1.29 is 14.3 Å². The second-order valence-corrected chi connectivity index (χ2v) is 4.22. The molecule has 19 heavy (non-hydrogen) atoms. The number of methoxy groups -OCH3 is 2. The molecule has 1 amide bonds. The predicted molar refractivity (Wildman–Crippen MR) is 75.1 cm³/mol. The molecule has 0 radical (unpaired) electrons. The fraction of sp³-hybridized carbons (Fsp3) is 0.500. The van der Waals surface area contributed by atoms with Crippen LogP contribution in [0, 0.1) is 0 Å². The van der Waals surface area contributed by atoms with E-state index in [1.807, 2.05) is 7.05 Å². The van der Waals surface area contributed by atoms with Crippen molar-refractivity contribution in [2.75, 3.05) is 41.4 Å². The SMILES string of the molecule is CNCCCN(C)C(=O)c1c(OC)cccc1OC. The van der Waals surface area contributed by atoms with Crippen LogP contribution in [0.1, 0.15) is 16.8 Å². The topological polar surface area (TPSA) is 50.8 Å². The van der Waals surface area contributed by atoms with Gasteiger partial charge in [-0.15, -0.1) is 0 Å².